The van der Waals surface area contributed by atoms with Gasteiger partial charge in [0.25, 0.3) is 0 Å². The first-order valence-corrected chi connectivity index (χ1v) is 4.46. The number of hydrogen-bond donors (Lipinski definition) is 2. The van der Waals surface area contributed by atoms with E-state index in [0.717, 1.165) is 11.5 Å². The molecule has 78 valence electrons. The van der Waals surface area contributed by atoms with Gasteiger partial charge in [0.15, 0.2) is 0 Å². The van der Waals surface area contributed by atoms with E-state index in [2.05, 4.69) is 4.98 Å². The molecule has 1 rings (SSSR count). The third-order valence-corrected chi connectivity index (χ3v) is 2.25. The zero-order chi connectivity index (χ0) is 10.7. The molecular formula is C9H15N3O2. The van der Waals surface area contributed by atoms with E-state index >= 15 is 0 Å². The number of nitrogens with zero attached hydrogens (tertiary/aromatic N) is 2. The number of aliphatic carboxylic acids is 1. The van der Waals surface area contributed by atoms with Crippen LogP contribution in [0.5, 0.6) is 0 Å². The highest BCUT2D eigenvalue weighted by molar-refractivity contribution is 5.70. The first-order valence-electron chi connectivity index (χ1n) is 4.46. The van der Waals surface area contributed by atoms with Crippen molar-refractivity contribution in [2.24, 2.45) is 18.7 Å². The molecule has 1 heterocycles. The molecule has 5 nitrogen and oxygen atoms in total. The van der Waals surface area contributed by atoms with Gasteiger partial charge in [-0.15, -0.1) is 0 Å². The number of rotatable bonds is 4. The molecule has 0 bridgehead atoms. The highest BCUT2D eigenvalue weighted by Crippen LogP contribution is 2.07. The Balaban J connectivity index is 2.72. The monoisotopic (exact) mass is 197 g/mol. The molecule has 1 aromatic rings. The summed E-state index contributed by atoms with van der Waals surface area (Å²) in [6.07, 6.45) is 2.23. The lowest BCUT2D eigenvalue weighted by Gasteiger charge is -2.06. The largest absolute Gasteiger partial charge is 0.481 e. The van der Waals surface area contributed by atoms with E-state index in [1.165, 1.54) is 0 Å². The van der Waals surface area contributed by atoms with Gasteiger partial charge in [0, 0.05) is 26.2 Å². The highest BCUT2D eigenvalue weighted by atomic mass is 16.4. The molecule has 0 fully saturated rings. The van der Waals surface area contributed by atoms with E-state index in [4.69, 9.17) is 10.8 Å². The second-order valence-electron chi connectivity index (χ2n) is 3.37. The number of carboxylic acid groups (broad SMARTS) is 1. The zero-order valence-electron chi connectivity index (χ0n) is 8.40. The third-order valence-electron chi connectivity index (χ3n) is 2.25. The van der Waals surface area contributed by atoms with Crippen LogP contribution in [0.4, 0.5) is 0 Å². The standard InChI is InChI=1S/C9H15N3O2/c1-6-11-8(5-12(6)2)3-7(4-10)9(13)14/h5,7H,3-4,10H2,1-2H3,(H,13,14). The molecule has 0 radical (unpaired) electrons. The van der Waals surface area contributed by atoms with Gasteiger partial charge in [-0.3, -0.25) is 4.79 Å². The Labute approximate surface area is 82.6 Å². The summed E-state index contributed by atoms with van der Waals surface area (Å²) >= 11 is 0. The topological polar surface area (TPSA) is 81.1 Å². The predicted molar refractivity (Wildman–Crippen MR) is 51.8 cm³/mol. The number of imidazole rings is 1. The highest BCUT2D eigenvalue weighted by Gasteiger charge is 2.17. The quantitative estimate of drug-likeness (QED) is 0.708. The van der Waals surface area contributed by atoms with Gasteiger partial charge in [-0.1, -0.05) is 0 Å². The van der Waals surface area contributed by atoms with Crippen molar-refractivity contribution < 1.29 is 9.90 Å². The second-order valence-corrected chi connectivity index (χ2v) is 3.37. The second kappa shape index (κ2) is 4.23. The van der Waals surface area contributed by atoms with Gasteiger partial charge in [0.05, 0.1) is 11.6 Å². The van der Waals surface area contributed by atoms with Crippen LogP contribution in [0.1, 0.15) is 11.5 Å². The van der Waals surface area contributed by atoms with Gasteiger partial charge in [-0.2, -0.15) is 0 Å². The van der Waals surface area contributed by atoms with Crippen LogP contribution in [0, 0.1) is 12.8 Å². The van der Waals surface area contributed by atoms with Crippen LogP contribution in [-0.2, 0) is 18.3 Å². The summed E-state index contributed by atoms with van der Waals surface area (Å²) in [5, 5.41) is 8.80. The molecule has 0 aromatic carbocycles. The van der Waals surface area contributed by atoms with E-state index in [0.29, 0.717) is 6.42 Å². The summed E-state index contributed by atoms with van der Waals surface area (Å²) in [6.45, 7) is 2.02. The minimum atomic E-state index is -0.865. The van der Waals surface area contributed by atoms with Gasteiger partial charge < -0.3 is 15.4 Å². The van der Waals surface area contributed by atoms with E-state index < -0.39 is 11.9 Å². The molecule has 0 amide bonds. The lowest BCUT2D eigenvalue weighted by Crippen LogP contribution is -2.25. The molecule has 14 heavy (non-hydrogen) atoms. The van der Waals surface area contributed by atoms with Crippen molar-refractivity contribution in [3.05, 3.63) is 17.7 Å². The third kappa shape index (κ3) is 2.32. The molecular weight excluding hydrogens is 182 g/mol. The van der Waals surface area contributed by atoms with Crippen LogP contribution in [0.25, 0.3) is 0 Å². The van der Waals surface area contributed by atoms with Gasteiger partial charge in [0.1, 0.15) is 5.82 Å². The van der Waals surface area contributed by atoms with Crippen molar-refractivity contribution in [2.45, 2.75) is 13.3 Å². The van der Waals surface area contributed by atoms with E-state index in [9.17, 15) is 4.79 Å². The average Bonchev–Trinajstić information content (AvgIpc) is 2.41. The van der Waals surface area contributed by atoms with Gasteiger partial charge in [-0.25, -0.2) is 4.98 Å². The molecule has 1 unspecified atom stereocenters. The predicted octanol–water partition coefficient (Wildman–Crippen LogP) is -0.0695. The van der Waals surface area contributed by atoms with Crippen LogP contribution in [-0.4, -0.2) is 27.2 Å². The van der Waals surface area contributed by atoms with Crippen molar-refractivity contribution in [1.29, 1.82) is 0 Å². The van der Waals surface area contributed by atoms with Gasteiger partial charge >= 0.3 is 5.97 Å². The summed E-state index contributed by atoms with van der Waals surface area (Å²) < 4.78 is 1.87. The first-order chi connectivity index (χ1) is 6.54. The van der Waals surface area contributed by atoms with Crippen molar-refractivity contribution in [3.8, 4) is 0 Å². The summed E-state index contributed by atoms with van der Waals surface area (Å²) in [5.41, 5.74) is 6.13. The van der Waals surface area contributed by atoms with Crippen molar-refractivity contribution >= 4 is 5.97 Å². The van der Waals surface area contributed by atoms with Crippen LogP contribution < -0.4 is 5.73 Å². The lowest BCUT2D eigenvalue weighted by molar-refractivity contribution is -0.141. The molecule has 0 aliphatic carbocycles. The van der Waals surface area contributed by atoms with E-state index in [1.807, 2.05) is 24.7 Å². The first kappa shape index (κ1) is 10.7. The Morgan fingerprint density at radius 2 is 2.43 bits per heavy atom. The summed E-state index contributed by atoms with van der Waals surface area (Å²) in [4.78, 5) is 14.9. The number of aryl methyl sites for hydroxylation is 2. The summed E-state index contributed by atoms with van der Waals surface area (Å²) in [6, 6.07) is 0. The maximum Gasteiger partial charge on any atom is 0.308 e. The molecule has 5 heteroatoms. The Kier molecular flexibility index (Phi) is 3.24. The Morgan fingerprint density at radius 1 is 1.79 bits per heavy atom. The molecule has 3 N–H and O–H groups in total. The number of nitrogens with two attached hydrogens (primary N) is 1. The Bertz CT molecular complexity index is 313. The fourth-order valence-electron chi connectivity index (χ4n) is 1.25. The number of carbonyl (C=O) groups is 1. The summed E-state index contributed by atoms with van der Waals surface area (Å²) in [7, 11) is 1.88. The zero-order valence-corrected chi connectivity index (χ0v) is 8.40. The van der Waals surface area contributed by atoms with Crippen molar-refractivity contribution in [2.75, 3.05) is 6.54 Å². The molecule has 0 aliphatic rings. The van der Waals surface area contributed by atoms with Crippen LogP contribution in [0.2, 0.25) is 0 Å². The molecule has 0 spiro atoms. The average molecular weight is 197 g/mol. The molecule has 1 atom stereocenters. The fourth-order valence-corrected chi connectivity index (χ4v) is 1.25. The molecule has 0 aliphatic heterocycles. The summed E-state index contributed by atoms with van der Waals surface area (Å²) in [5.74, 6) is -0.527. The van der Waals surface area contributed by atoms with Gasteiger partial charge in [0.2, 0.25) is 0 Å². The SMILES string of the molecule is Cc1nc(CC(CN)C(=O)O)cn1C. The minimum Gasteiger partial charge on any atom is -0.481 e. The Morgan fingerprint density at radius 3 is 2.79 bits per heavy atom. The number of hydrogen-bond acceptors (Lipinski definition) is 3. The number of carboxylic acids is 1. The van der Waals surface area contributed by atoms with E-state index in [1.54, 1.807) is 0 Å². The molecule has 0 saturated heterocycles. The fraction of sp³-hybridized carbons (Fsp3) is 0.556. The van der Waals surface area contributed by atoms with Crippen LogP contribution in [0.15, 0.2) is 6.20 Å². The van der Waals surface area contributed by atoms with Gasteiger partial charge in [-0.05, 0) is 6.92 Å². The Hall–Kier alpha value is -1.36. The van der Waals surface area contributed by atoms with Crippen molar-refractivity contribution in [1.82, 2.24) is 9.55 Å². The minimum absolute atomic E-state index is 0.144. The molecule has 0 saturated carbocycles. The van der Waals surface area contributed by atoms with E-state index in [-0.39, 0.29) is 6.54 Å². The lowest BCUT2D eigenvalue weighted by atomic mass is 10.0. The van der Waals surface area contributed by atoms with Crippen LogP contribution >= 0.6 is 0 Å². The number of aromatic nitrogens is 2. The normalized spacial score (nSPS) is 12.8. The van der Waals surface area contributed by atoms with Crippen LogP contribution in [0.3, 0.4) is 0 Å². The molecule has 1 aromatic heterocycles. The maximum atomic E-state index is 10.7. The maximum absolute atomic E-state index is 10.7. The smallest absolute Gasteiger partial charge is 0.308 e. The van der Waals surface area contributed by atoms with Crippen molar-refractivity contribution in [3.63, 3.8) is 0 Å².